The quantitative estimate of drug-likeness (QED) is 0.811. The maximum absolute atomic E-state index is 3.44. The van der Waals surface area contributed by atoms with Gasteiger partial charge in [0.25, 0.3) is 0 Å². The van der Waals surface area contributed by atoms with Crippen molar-refractivity contribution in [3.8, 4) is 0 Å². The molecular weight excluding hydrogens is 220 g/mol. The molecule has 0 bridgehead atoms. The number of aromatic nitrogens is 1. The SMILES string of the molecule is CCC1CN(C)C2Cc3c[nH]c4cccc(c34)C12. The summed E-state index contributed by atoms with van der Waals surface area (Å²) in [7, 11) is 2.30. The van der Waals surface area contributed by atoms with Gasteiger partial charge in [-0.25, -0.2) is 0 Å². The van der Waals surface area contributed by atoms with Crippen LogP contribution in [0.4, 0.5) is 0 Å². The summed E-state index contributed by atoms with van der Waals surface area (Å²) >= 11 is 0. The van der Waals surface area contributed by atoms with Gasteiger partial charge in [-0.3, -0.25) is 0 Å². The molecule has 0 spiro atoms. The molecule has 4 rings (SSSR count). The Morgan fingerprint density at radius 3 is 3.11 bits per heavy atom. The van der Waals surface area contributed by atoms with E-state index in [4.69, 9.17) is 0 Å². The van der Waals surface area contributed by atoms with Crippen molar-refractivity contribution in [1.82, 2.24) is 9.88 Å². The van der Waals surface area contributed by atoms with Gasteiger partial charge in [0.1, 0.15) is 0 Å². The number of nitrogens with zero attached hydrogens (tertiary/aromatic N) is 1. The van der Waals surface area contributed by atoms with Gasteiger partial charge in [-0.05, 0) is 36.6 Å². The molecular formula is C16H20N2. The molecule has 2 aliphatic rings. The number of fused-ring (bicyclic) bond motifs is 2. The van der Waals surface area contributed by atoms with Crippen LogP contribution in [0.15, 0.2) is 24.4 Å². The van der Waals surface area contributed by atoms with Crippen LogP contribution >= 0.6 is 0 Å². The van der Waals surface area contributed by atoms with E-state index in [1.807, 2.05) is 0 Å². The van der Waals surface area contributed by atoms with Crippen LogP contribution in [0.3, 0.4) is 0 Å². The van der Waals surface area contributed by atoms with Crippen LogP contribution < -0.4 is 0 Å². The molecule has 2 nitrogen and oxygen atoms in total. The summed E-state index contributed by atoms with van der Waals surface area (Å²) in [5.41, 5.74) is 4.44. The van der Waals surface area contributed by atoms with Crippen molar-refractivity contribution < 1.29 is 0 Å². The highest BCUT2D eigenvalue weighted by Gasteiger charge is 2.43. The average molecular weight is 240 g/mol. The van der Waals surface area contributed by atoms with Crippen LogP contribution in [0, 0.1) is 5.92 Å². The number of benzene rings is 1. The van der Waals surface area contributed by atoms with Crippen LogP contribution in [0.1, 0.15) is 30.4 Å². The zero-order valence-corrected chi connectivity index (χ0v) is 11.1. The molecule has 0 radical (unpaired) electrons. The molecule has 3 unspecified atom stereocenters. The van der Waals surface area contributed by atoms with E-state index >= 15 is 0 Å². The van der Waals surface area contributed by atoms with Crippen molar-refractivity contribution in [2.75, 3.05) is 13.6 Å². The van der Waals surface area contributed by atoms with Crippen molar-refractivity contribution in [3.63, 3.8) is 0 Å². The fraction of sp³-hybridized carbons (Fsp3) is 0.500. The first-order valence-electron chi connectivity index (χ1n) is 7.08. The maximum atomic E-state index is 3.44. The van der Waals surface area contributed by atoms with Gasteiger partial charge < -0.3 is 9.88 Å². The third kappa shape index (κ3) is 1.22. The smallest absolute Gasteiger partial charge is 0.0459 e. The number of likely N-dealkylation sites (tertiary alicyclic amines) is 1. The minimum atomic E-state index is 0.712. The zero-order chi connectivity index (χ0) is 12.3. The Bertz CT molecular complexity index is 598. The molecule has 1 saturated heterocycles. The topological polar surface area (TPSA) is 19.0 Å². The highest BCUT2D eigenvalue weighted by Crippen LogP contribution is 2.47. The molecule has 0 amide bonds. The number of nitrogens with one attached hydrogen (secondary N) is 1. The lowest BCUT2D eigenvalue weighted by Gasteiger charge is -2.31. The second-order valence-electron chi connectivity index (χ2n) is 5.99. The number of hydrogen-bond donors (Lipinski definition) is 1. The van der Waals surface area contributed by atoms with E-state index in [0.29, 0.717) is 6.04 Å². The normalized spacial score (nSPS) is 30.9. The lowest BCUT2D eigenvalue weighted by Crippen LogP contribution is -2.32. The Labute approximate surface area is 108 Å². The minimum absolute atomic E-state index is 0.712. The fourth-order valence-corrected chi connectivity index (χ4v) is 4.28. The highest BCUT2D eigenvalue weighted by atomic mass is 15.2. The summed E-state index contributed by atoms with van der Waals surface area (Å²) in [5, 5.41) is 1.52. The van der Waals surface area contributed by atoms with Crippen molar-refractivity contribution in [3.05, 3.63) is 35.5 Å². The predicted molar refractivity (Wildman–Crippen MR) is 74.9 cm³/mol. The maximum Gasteiger partial charge on any atom is 0.0459 e. The fourth-order valence-electron chi connectivity index (χ4n) is 4.28. The van der Waals surface area contributed by atoms with Crippen LogP contribution in [0.25, 0.3) is 10.9 Å². The Kier molecular flexibility index (Phi) is 2.13. The molecule has 1 aliphatic heterocycles. The summed E-state index contributed by atoms with van der Waals surface area (Å²) in [6, 6.07) is 7.50. The molecule has 1 N–H and O–H groups in total. The molecule has 1 aromatic heterocycles. The van der Waals surface area contributed by atoms with Gasteiger partial charge >= 0.3 is 0 Å². The van der Waals surface area contributed by atoms with E-state index in [-0.39, 0.29) is 0 Å². The number of hydrogen-bond acceptors (Lipinski definition) is 1. The summed E-state index contributed by atoms with van der Waals surface area (Å²) in [4.78, 5) is 6.02. The van der Waals surface area contributed by atoms with E-state index in [1.165, 1.54) is 35.9 Å². The molecule has 2 heterocycles. The van der Waals surface area contributed by atoms with E-state index in [0.717, 1.165) is 11.8 Å². The second kappa shape index (κ2) is 3.61. The first-order valence-corrected chi connectivity index (χ1v) is 7.08. The lowest BCUT2D eigenvalue weighted by molar-refractivity contribution is 0.293. The lowest BCUT2D eigenvalue weighted by atomic mass is 9.75. The summed E-state index contributed by atoms with van der Waals surface area (Å²) in [5.74, 6) is 1.57. The van der Waals surface area contributed by atoms with Crippen LogP contribution in [-0.2, 0) is 6.42 Å². The van der Waals surface area contributed by atoms with Crippen molar-refractivity contribution in [2.45, 2.75) is 31.7 Å². The monoisotopic (exact) mass is 240 g/mol. The van der Waals surface area contributed by atoms with Crippen molar-refractivity contribution in [2.24, 2.45) is 5.92 Å². The molecule has 94 valence electrons. The minimum Gasteiger partial charge on any atom is -0.361 e. The summed E-state index contributed by atoms with van der Waals surface area (Å²) in [6.07, 6.45) is 4.73. The van der Waals surface area contributed by atoms with Gasteiger partial charge in [0, 0.05) is 35.6 Å². The van der Waals surface area contributed by atoms with Crippen molar-refractivity contribution in [1.29, 1.82) is 0 Å². The van der Waals surface area contributed by atoms with Crippen LogP contribution in [0.5, 0.6) is 0 Å². The number of aromatic amines is 1. The van der Waals surface area contributed by atoms with Crippen molar-refractivity contribution >= 4 is 10.9 Å². The van der Waals surface area contributed by atoms with E-state index in [2.05, 4.69) is 48.3 Å². The average Bonchev–Trinajstić information content (AvgIpc) is 2.94. The highest BCUT2D eigenvalue weighted by molar-refractivity contribution is 5.88. The molecule has 18 heavy (non-hydrogen) atoms. The summed E-state index contributed by atoms with van der Waals surface area (Å²) < 4.78 is 0. The van der Waals surface area contributed by atoms with Gasteiger partial charge in [-0.2, -0.15) is 0 Å². The van der Waals surface area contributed by atoms with E-state index < -0.39 is 0 Å². The Hall–Kier alpha value is -1.28. The first-order chi connectivity index (χ1) is 8.79. The third-order valence-electron chi connectivity index (χ3n) is 5.14. The molecule has 2 heteroatoms. The second-order valence-corrected chi connectivity index (χ2v) is 5.99. The predicted octanol–water partition coefficient (Wildman–Crippen LogP) is 3.15. The number of likely N-dealkylation sites (N-methyl/N-ethyl adjacent to an activating group) is 1. The largest absolute Gasteiger partial charge is 0.361 e. The Balaban J connectivity index is 1.95. The Morgan fingerprint density at radius 2 is 2.28 bits per heavy atom. The third-order valence-corrected chi connectivity index (χ3v) is 5.14. The van der Waals surface area contributed by atoms with Gasteiger partial charge in [0.05, 0.1) is 0 Å². The van der Waals surface area contributed by atoms with Crippen LogP contribution in [0.2, 0.25) is 0 Å². The molecule has 1 fully saturated rings. The van der Waals surface area contributed by atoms with Crippen LogP contribution in [-0.4, -0.2) is 29.5 Å². The molecule has 2 aromatic rings. The van der Waals surface area contributed by atoms with Gasteiger partial charge in [-0.1, -0.05) is 25.5 Å². The van der Waals surface area contributed by atoms with Gasteiger partial charge in [-0.15, -0.1) is 0 Å². The van der Waals surface area contributed by atoms with E-state index in [9.17, 15) is 0 Å². The number of H-pyrrole nitrogens is 1. The van der Waals surface area contributed by atoms with Gasteiger partial charge in [0.2, 0.25) is 0 Å². The van der Waals surface area contributed by atoms with Gasteiger partial charge in [0.15, 0.2) is 0 Å². The van der Waals surface area contributed by atoms with E-state index in [1.54, 1.807) is 5.56 Å². The standard InChI is InChI=1S/C16H20N2/c1-3-10-9-18(2)14-7-11-8-17-13-6-4-5-12(15(11)13)16(10)14/h4-6,8,10,14,16-17H,3,7,9H2,1-2H3. The first kappa shape index (κ1) is 10.6. The zero-order valence-electron chi connectivity index (χ0n) is 11.1. The molecule has 0 saturated carbocycles. The molecule has 1 aromatic carbocycles. The number of rotatable bonds is 1. The molecule has 3 atom stereocenters. The Morgan fingerprint density at radius 1 is 1.39 bits per heavy atom. The summed E-state index contributed by atoms with van der Waals surface area (Å²) in [6.45, 7) is 3.60. The molecule has 1 aliphatic carbocycles.